The van der Waals surface area contributed by atoms with Crippen molar-refractivity contribution in [1.29, 1.82) is 0 Å². The minimum atomic E-state index is -0.0333. The predicted octanol–water partition coefficient (Wildman–Crippen LogP) is 4.03. The first-order valence-corrected chi connectivity index (χ1v) is 7.20. The summed E-state index contributed by atoms with van der Waals surface area (Å²) < 4.78 is 5.43. The van der Waals surface area contributed by atoms with Crippen LogP contribution in [-0.2, 0) is 0 Å². The summed E-state index contributed by atoms with van der Waals surface area (Å²) in [5.41, 5.74) is 2.74. The quantitative estimate of drug-likeness (QED) is 0.697. The van der Waals surface area contributed by atoms with E-state index in [1.165, 1.54) is 25.5 Å². The summed E-state index contributed by atoms with van der Waals surface area (Å²) >= 11 is -0.0333. The fourth-order valence-corrected chi connectivity index (χ4v) is 2.57. The molecule has 0 fully saturated rings. The van der Waals surface area contributed by atoms with Crippen molar-refractivity contribution < 1.29 is 0 Å². The molecule has 0 unspecified atom stereocenters. The first-order chi connectivity index (χ1) is 6.70. The van der Waals surface area contributed by atoms with E-state index in [0.717, 1.165) is 0 Å². The second-order valence-electron chi connectivity index (χ2n) is 3.56. The van der Waals surface area contributed by atoms with Gasteiger partial charge in [0.25, 0.3) is 0 Å². The lowest BCUT2D eigenvalue weighted by Gasteiger charge is -2.04. The van der Waals surface area contributed by atoms with Gasteiger partial charge in [-0.2, -0.15) is 0 Å². The van der Waals surface area contributed by atoms with Crippen LogP contribution in [0.25, 0.3) is 10.8 Å². The van der Waals surface area contributed by atoms with Gasteiger partial charge in [0.15, 0.2) is 0 Å². The van der Waals surface area contributed by atoms with Crippen LogP contribution in [0.2, 0.25) is 0 Å². The number of rotatable bonds is 1. The number of halogens is 1. The van der Waals surface area contributed by atoms with Gasteiger partial charge in [-0.3, -0.25) is 0 Å². The molecule has 0 nitrogen and oxygen atoms in total. The third kappa shape index (κ3) is 1.73. The Balaban J connectivity index is 2.76. The monoisotopic (exact) mass is 296 g/mol. The van der Waals surface area contributed by atoms with Crippen molar-refractivity contribution in [3.05, 3.63) is 45.0 Å². The number of benzene rings is 2. The van der Waals surface area contributed by atoms with Gasteiger partial charge >= 0.3 is 0 Å². The topological polar surface area (TPSA) is 0 Å². The Kier molecular flexibility index (Phi) is 2.68. The Morgan fingerprint density at radius 3 is 2.21 bits per heavy atom. The van der Waals surface area contributed by atoms with Crippen molar-refractivity contribution in [2.45, 2.75) is 13.8 Å². The molecule has 0 bridgehead atoms. The second kappa shape index (κ2) is 3.81. The first-order valence-electron chi connectivity index (χ1n) is 4.60. The highest BCUT2D eigenvalue weighted by Gasteiger charge is 1.98. The average molecular weight is 296 g/mol. The molecule has 0 atom stereocenters. The van der Waals surface area contributed by atoms with E-state index in [9.17, 15) is 0 Å². The lowest BCUT2D eigenvalue weighted by atomic mass is 10.0. The van der Waals surface area contributed by atoms with Crippen LogP contribution in [0.5, 0.6) is 0 Å². The van der Waals surface area contributed by atoms with E-state index in [-0.39, 0.29) is 20.7 Å². The average Bonchev–Trinajstić information content (AvgIpc) is 2.19. The molecular formula is C13H13I. The molecule has 72 valence electrons. The maximum Gasteiger partial charge on any atom is 0.00780 e. The molecule has 0 saturated heterocycles. The minimum absolute atomic E-state index is 0.0333. The summed E-state index contributed by atoms with van der Waals surface area (Å²) in [6.45, 7) is 4.33. The van der Waals surface area contributed by atoms with Crippen molar-refractivity contribution in [2.75, 3.05) is 0 Å². The Labute approximate surface area is 94.7 Å². The molecule has 2 aromatic rings. The van der Waals surface area contributed by atoms with Gasteiger partial charge in [-0.1, -0.05) is 43.4 Å². The van der Waals surface area contributed by atoms with E-state index >= 15 is 0 Å². The summed E-state index contributed by atoms with van der Waals surface area (Å²) in [6, 6.07) is 11.2. The highest BCUT2D eigenvalue weighted by molar-refractivity contribution is 14.2. The van der Waals surface area contributed by atoms with Crippen LogP contribution >= 0.6 is 20.7 Å². The fraction of sp³-hybridized carbons (Fsp3) is 0.154. The smallest absolute Gasteiger partial charge is 0.00780 e. The summed E-state index contributed by atoms with van der Waals surface area (Å²) in [6.07, 6.45) is 0. The van der Waals surface area contributed by atoms with E-state index < -0.39 is 0 Å². The van der Waals surface area contributed by atoms with Crippen molar-refractivity contribution in [1.82, 2.24) is 0 Å². The lowest BCUT2D eigenvalue weighted by molar-refractivity contribution is 1.36. The molecule has 0 radical (unpaired) electrons. The molecule has 0 saturated carbocycles. The Morgan fingerprint density at radius 2 is 1.57 bits per heavy atom. The van der Waals surface area contributed by atoms with Crippen molar-refractivity contribution in [3.8, 4) is 0 Å². The van der Waals surface area contributed by atoms with Gasteiger partial charge in [-0.25, -0.2) is 0 Å². The molecule has 0 aliphatic rings. The van der Waals surface area contributed by atoms with E-state index in [1.54, 1.807) is 0 Å². The molecule has 1 heteroatoms. The van der Waals surface area contributed by atoms with Crippen molar-refractivity contribution in [3.63, 3.8) is 0 Å². The summed E-state index contributed by atoms with van der Waals surface area (Å²) in [7, 11) is 0. The van der Waals surface area contributed by atoms with Gasteiger partial charge in [0.05, 0.1) is 0 Å². The highest BCUT2D eigenvalue weighted by atomic mass is 127. The molecule has 0 aliphatic heterocycles. The van der Waals surface area contributed by atoms with E-state index in [0.29, 0.717) is 0 Å². The summed E-state index contributed by atoms with van der Waals surface area (Å²) in [5, 5.41) is 2.70. The van der Waals surface area contributed by atoms with Crippen LogP contribution in [0.3, 0.4) is 0 Å². The van der Waals surface area contributed by atoms with Crippen LogP contribution in [0.15, 0.2) is 30.3 Å². The molecular weight excluding hydrogens is 283 g/mol. The molecule has 0 heterocycles. The van der Waals surface area contributed by atoms with Gasteiger partial charge in [0.1, 0.15) is 0 Å². The number of aryl methyl sites for hydroxylation is 2. The molecule has 0 spiro atoms. The van der Waals surface area contributed by atoms with Gasteiger partial charge in [0, 0.05) is 3.57 Å². The Morgan fingerprint density at radius 1 is 0.929 bits per heavy atom. The minimum Gasteiger partial charge on any atom is -0.0936 e. The maximum atomic E-state index is 4.01. The molecule has 0 N–H and O–H groups in total. The van der Waals surface area contributed by atoms with Gasteiger partial charge in [-0.05, 0) is 47.9 Å². The SMILES string of the molecule is C=Ic1ccc2cc(C)c(C)cc2c1. The number of hydrogen-bond donors (Lipinski definition) is 0. The van der Waals surface area contributed by atoms with Gasteiger partial charge in [-0.15, -0.1) is 0 Å². The Hall–Kier alpha value is -0.700. The van der Waals surface area contributed by atoms with Crippen LogP contribution in [0, 0.1) is 17.4 Å². The van der Waals surface area contributed by atoms with Gasteiger partial charge < -0.3 is 0 Å². The van der Waals surface area contributed by atoms with E-state index in [2.05, 4.69) is 48.7 Å². The zero-order valence-corrected chi connectivity index (χ0v) is 10.6. The third-order valence-electron chi connectivity index (χ3n) is 2.57. The van der Waals surface area contributed by atoms with Gasteiger partial charge in [0.2, 0.25) is 0 Å². The Bertz CT molecular complexity index is 498. The zero-order valence-electron chi connectivity index (χ0n) is 8.47. The summed E-state index contributed by atoms with van der Waals surface area (Å²) in [4.78, 5) is 0. The van der Waals surface area contributed by atoms with Crippen LogP contribution in [0.1, 0.15) is 11.1 Å². The molecule has 2 aromatic carbocycles. The van der Waals surface area contributed by atoms with E-state index in [1.807, 2.05) is 0 Å². The number of fused-ring (bicyclic) bond motifs is 1. The lowest BCUT2D eigenvalue weighted by Crippen LogP contribution is -1.82. The zero-order chi connectivity index (χ0) is 10.1. The van der Waals surface area contributed by atoms with E-state index in [4.69, 9.17) is 0 Å². The molecule has 2 rings (SSSR count). The largest absolute Gasteiger partial charge is 0.0936 e. The normalized spacial score (nSPS) is 10.7. The second-order valence-corrected chi connectivity index (χ2v) is 5.57. The van der Waals surface area contributed by atoms with Crippen molar-refractivity contribution >= 4 is 36.0 Å². The first kappa shape index (κ1) is 9.84. The molecule has 0 aromatic heterocycles. The van der Waals surface area contributed by atoms with Crippen LogP contribution in [-0.4, -0.2) is 4.51 Å². The summed E-state index contributed by atoms with van der Waals surface area (Å²) in [5.74, 6) is 0. The van der Waals surface area contributed by atoms with Crippen LogP contribution in [0.4, 0.5) is 0 Å². The highest BCUT2D eigenvalue weighted by Crippen LogP contribution is 2.22. The molecule has 0 amide bonds. The molecule has 0 aliphatic carbocycles. The fourth-order valence-electron chi connectivity index (χ4n) is 1.58. The number of hydrogen-bond acceptors (Lipinski definition) is 0. The third-order valence-corrected chi connectivity index (χ3v) is 4.12. The van der Waals surface area contributed by atoms with Crippen molar-refractivity contribution in [2.24, 2.45) is 0 Å². The maximum absolute atomic E-state index is 4.01. The predicted molar refractivity (Wildman–Crippen MR) is 73.3 cm³/mol. The standard InChI is InChI=1S/C13H13I/c1-9-6-11-4-5-13(14-3)8-12(11)7-10(9)2/h4-8H,3H2,1-2H3. The van der Waals surface area contributed by atoms with Crippen LogP contribution < -0.4 is 0 Å². The molecule has 14 heavy (non-hydrogen) atoms.